The van der Waals surface area contributed by atoms with Crippen molar-refractivity contribution in [2.45, 2.75) is 4.90 Å². The number of para-hydroxylation sites is 1. The van der Waals surface area contributed by atoms with Crippen molar-refractivity contribution in [1.29, 1.82) is 0 Å². The highest BCUT2D eigenvalue weighted by Crippen LogP contribution is 2.34. The third-order valence-corrected chi connectivity index (χ3v) is 6.04. The molecule has 0 bridgehead atoms. The topological polar surface area (TPSA) is 46.6 Å². The van der Waals surface area contributed by atoms with Crippen LogP contribution in [-0.4, -0.2) is 22.1 Å². The zero-order valence-corrected chi connectivity index (χ0v) is 16.2. The minimum Gasteiger partial charge on any atom is -0.494 e. The van der Waals surface area contributed by atoms with E-state index in [4.69, 9.17) is 4.74 Å². The molecule has 3 aromatic carbocycles. The molecule has 0 fully saturated rings. The number of hydrogen-bond donors (Lipinski definition) is 0. The second kappa shape index (κ2) is 8.27. The van der Waals surface area contributed by atoms with Crippen molar-refractivity contribution in [3.63, 3.8) is 0 Å². The lowest BCUT2D eigenvalue weighted by molar-refractivity contribution is 0.385. The number of anilines is 1. The summed E-state index contributed by atoms with van der Waals surface area (Å²) in [7, 11) is -2.70. The van der Waals surface area contributed by atoms with Crippen LogP contribution in [0.2, 0.25) is 0 Å². The second-order valence-corrected chi connectivity index (χ2v) is 7.87. The van der Waals surface area contributed by atoms with Crippen molar-refractivity contribution in [3.05, 3.63) is 91.3 Å². The molecule has 0 aromatic heterocycles. The van der Waals surface area contributed by atoms with Gasteiger partial charge in [-0.25, -0.2) is 12.8 Å². The first kappa shape index (κ1) is 19.6. The highest BCUT2D eigenvalue weighted by Gasteiger charge is 2.27. The molecule has 0 unspecified atom stereocenters. The molecule has 3 rings (SSSR count). The van der Waals surface area contributed by atoms with Gasteiger partial charge in [-0.3, -0.25) is 4.31 Å². The molecule has 0 saturated carbocycles. The number of benzene rings is 3. The van der Waals surface area contributed by atoms with Crippen LogP contribution in [0.3, 0.4) is 0 Å². The SMILES string of the molecule is C=CCN(c1ccccc1-c1ccccc1)S(=O)(=O)c1ccc(OC)c(F)c1. The standard InChI is InChI=1S/C22H20FNO3S/c1-3-15-24(28(25,26)18-13-14-22(27-2)20(23)16-18)21-12-8-7-11-19(21)17-9-5-4-6-10-17/h3-14,16H,1,15H2,2H3. The van der Waals surface area contributed by atoms with E-state index < -0.39 is 15.8 Å². The summed E-state index contributed by atoms with van der Waals surface area (Å²) < 4.78 is 46.9. The molecule has 6 heteroatoms. The summed E-state index contributed by atoms with van der Waals surface area (Å²) in [5, 5.41) is 0. The molecule has 144 valence electrons. The van der Waals surface area contributed by atoms with Crippen molar-refractivity contribution >= 4 is 15.7 Å². The fourth-order valence-corrected chi connectivity index (χ4v) is 4.40. The Morgan fingerprint density at radius 2 is 1.71 bits per heavy atom. The maximum atomic E-state index is 14.1. The minimum absolute atomic E-state index is 0.0149. The van der Waals surface area contributed by atoms with Crippen LogP contribution >= 0.6 is 0 Å². The van der Waals surface area contributed by atoms with Crippen LogP contribution in [0.25, 0.3) is 11.1 Å². The Bertz CT molecular complexity index is 1080. The molecule has 0 aliphatic heterocycles. The number of rotatable bonds is 7. The van der Waals surface area contributed by atoms with E-state index in [-0.39, 0.29) is 17.2 Å². The molecule has 28 heavy (non-hydrogen) atoms. The van der Waals surface area contributed by atoms with Gasteiger partial charge >= 0.3 is 0 Å². The Labute approximate surface area is 164 Å². The fraction of sp³-hybridized carbons (Fsp3) is 0.0909. The van der Waals surface area contributed by atoms with Crippen LogP contribution in [0.5, 0.6) is 5.75 Å². The van der Waals surface area contributed by atoms with Gasteiger partial charge in [-0.05, 0) is 29.8 Å². The molecular weight excluding hydrogens is 377 g/mol. The van der Waals surface area contributed by atoms with E-state index in [1.807, 2.05) is 42.5 Å². The smallest absolute Gasteiger partial charge is 0.264 e. The molecule has 0 aliphatic carbocycles. The quantitative estimate of drug-likeness (QED) is 0.534. The molecule has 0 spiro atoms. The van der Waals surface area contributed by atoms with Gasteiger partial charge in [0, 0.05) is 5.56 Å². The normalized spacial score (nSPS) is 11.1. The molecule has 4 nitrogen and oxygen atoms in total. The average molecular weight is 397 g/mol. The Morgan fingerprint density at radius 1 is 1.04 bits per heavy atom. The number of ether oxygens (including phenoxy) is 1. The van der Waals surface area contributed by atoms with Gasteiger partial charge in [0.15, 0.2) is 11.6 Å². The number of halogens is 1. The molecule has 0 radical (unpaired) electrons. The van der Waals surface area contributed by atoms with Gasteiger partial charge in [0.05, 0.1) is 24.2 Å². The zero-order valence-electron chi connectivity index (χ0n) is 15.4. The van der Waals surface area contributed by atoms with E-state index in [9.17, 15) is 12.8 Å². The van der Waals surface area contributed by atoms with Crippen LogP contribution in [-0.2, 0) is 10.0 Å². The molecular formula is C22H20FNO3S. The fourth-order valence-electron chi connectivity index (χ4n) is 2.93. The maximum Gasteiger partial charge on any atom is 0.264 e. The van der Waals surface area contributed by atoms with Crippen molar-refractivity contribution < 1.29 is 17.5 Å². The molecule has 3 aromatic rings. The molecule has 0 atom stereocenters. The Kier molecular flexibility index (Phi) is 5.80. The van der Waals surface area contributed by atoms with Gasteiger partial charge in [0.25, 0.3) is 10.0 Å². The number of nitrogens with zero attached hydrogens (tertiary/aromatic N) is 1. The van der Waals surface area contributed by atoms with Gasteiger partial charge in [-0.1, -0.05) is 54.6 Å². The van der Waals surface area contributed by atoms with Crippen molar-refractivity contribution in [2.75, 3.05) is 18.0 Å². The van der Waals surface area contributed by atoms with E-state index in [0.29, 0.717) is 5.69 Å². The second-order valence-electron chi connectivity index (χ2n) is 6.00. The lowest BCUT2D eigenvalue weighted by Gasteiger charge is -2.26. The maximum absolute atomic E-state index is 14.1. The van der Waals surface area contributed by atoms with Crippen LogP contribution in [0.4, 0.5) is 10.1 Å². The first-order valence-electron chi connectivity index (χ1n) is 8.60. The highest BCUT2D eigenvalue weighted by atomic mass is 32.2. The summed E-state index contributed by atoms with van der Waals surface area (Å²) in [5.74, 6) is -0.752. The van der Waals surface area contributed by atoms with Gasteiger partial charge in [0.1, 0.15) is 0 Å². The van der Waals surface area contributed by atoms with Crippen molar-refractivity contribution in [3.8, 4) is 16.9 Å². The monoisotopic (exact) mass is 397 g/mol. The highest BCUT2D eigenvalue weighted by molar-refractivity contribution is 7.92. The summed E-state index contributed by atoms with van der Waals surface area (Å²) in [6.07, 6.45) is 1.50. The van der Waals surface area contributed by atoms with Crippen LogP contribution in [0, 0.1) is 5.82 Å². The van der Waals surface area contributed by atoms with Crippen molar-refractivity contribution in [1.82, 2.24) is 0 Å². The predicted octanol–water partition coefficient (Wildman–Crippen LogP) is 4.88. The minimum atomic E-state index is -4.03. The van der Waals surface area contributed by atoms with E-state index in [1.165, 1.54) is 29.6 Å². The van der Waals surface area contributed by atoms with Crippen LogP contribution in [0.1, 0.15) is 0 Å². The van der Waals surface area contributed by atoms with Gasteiger partial charge in [-0.2, -0.15) is 0 Å². The molecule has 0 N–H and O–H groups in total. The Balaban J connectivity index is 2.15. The summed E-state index contributed by atoms with van der Waals surface area (Å²) >= 11 is 0. The van der Waals surface area contributed by atoms with Gasteiger partial charge in [-0.15, -0.1) is 6.58 Å². The summed E-state index contributed by atoms with van der Waals surface area (Å²) in [6.45, 7) is 3.72. The molecule has 0 aliphatic rings. The number of hydrogen-bond acceptors (Lipinski definition) is 3. The van der Waals surface area contributed by atoms with Crippen LogP contribution in [0.15, 0.2) is 90.3 Å². The van der Waals surface area contributed by atoms with Crippen molar-refractivity contribution in [2.24, 2.45) is 0 Å². The van der Waals surface area contributed by atoms with Gasteiger partial charge in [0.2, 0.25) is 0 Å². The lowest BCUT2D eigenvalue weighted by Crippen LogP contribution is -2.31. The van der Waals surface area contributed by atoms with E-state index in [1.54, 1.807) is 12.1 Å². The largest absolute Gasteiger partial charge is 0.494 e. The third-order valence-electron chi connectivity index (χ3n) is 4.26. The molecule has 0 heterocycles. The zero-order chi connectivity index (χ0) is 20.1. The Hall–Kier alpha value is -3.12. The first-order valence-corrected chi connectivity index (χ1v) is 10.0. The molecule has 0 amide bonds. The van der Waals surface area contributed by atoms with E-state index in [2.05, 4.69) is 6.58 Å². The average Bonchev–Trinajstić information content (AvgIpc) is 2.72. The predicted molar refractivity (Wildman–Crippen MR) is 110 cm³/mol. The van der Waals surface area contributed by atoms with E-state index >= 15 is 0 Å². The summed E-state index contributed by atoms with van der Waals surface area (Å²) in [4.78, 5) is -0.157. The first-order chi connectivity index (χ1) is 13.5. The number of sulfonamides is 1. The lowest BCUT2D eigenvalue weighted by atomic mass is 10.0. The van der Waals surface area contributed by atoms with Gasteiger partial charge < -0.3 is 4.74 Å². The van der Waals surface area contributed by atoms with E-state index in [0.717, 1.165) is 17.2 Å². The number of methoxy groups -OCH3 is 1. The summed E-state index contributed by atoms with van der Waals surface area (Å²) in [5.41, 5.74) is 2.12. The van der Waals surface area contributed by atoms with Crippen LogP contribution < -0.4 is 9.04 Å². The summed E-state index contributed by atoms with van der Waals surface area (Å²) in [6, 6.07) is 20.3. The third kappa shape index (κ3) is 3.77. The molecule has 0 saturated heterocycles. The Morgan fingerprint density at radius 3 is 2.36 bits per heavy atom.